The molecule has 0 radical (unpaired) electrons. The lowest BCUT2D eigenvalue weighted by Crippen LogP contribution is -2.13. The van der Waals surface area contributed by atoms with Gasteiger partial charge in [0.05, 0.1) is 5.69 Å². The number of rotatable bonds is 3. The first-order valence-corrected chi connectivity index (χ1v) is 5.34. The average molecular weight is 203 g/mol. The number of hydrogen-bond donors (Lipinski definition) is 1. The van der Waals surface area contributed by atoms with E-state index < -0.39 is 0 Å². The Morgan fingerprint density at radius 2 is 2.27 bits per heavy atom. The van der Waals surface area contributed by atoms with E-state index in [0.717, 1.165) is 17.8 Å². The molecule has 0 saturated carbocycles. The topological polar surface area (TPSA) is 43.3 Å². The van der Waals surface area contributed by atoms with Gasteiger partial charge < -0.3 is 10.1 Å². The Kier molecular flexibility index (Phi) is 2.73. The summed E-state index contributed by atoms with van der Waals surface area (Å²) in [7, 11) is 0. The average Bonchev–Trinajstić information content (AvgIpc) is 2.62. The smallest absolute Gasteiger partial charge is 0.137 e. The van der Waals surface area contributed by atoms with E-state index in [-0.39, 0.29) is 0 Å². The van der Waals surface area contributed by atoms with Gasteiger partial charge in [-0.1, -0.05) is 13.0 Å². The first-order chi connectivity index (χ1) is 7.20. The van der Waals surface area contributed by atoms with Gasteiger partial charge in [-0.3, -0.25) is 0 Å². The van der Waals surface area contributed by atoms with Gasteiger partial charge in [0.2, 0.25) is 0 Å². The Hall–Kier alpha value is -1.35. The molecule has 2 rings (SSSR count). The van der Waals surface area contributed by atoms with Gasteiger partial charge >= 0.3 is 0 Å². The van der Waals surface area contributed by atoms with Gasteiger partial charge in [-0.2, -0.15) is 0 Å². The quantitative estimate of drug-likeness (QED) is 0.826. The molecule has 0 aromatic carbocycles. The second-order valence-electron chi connectivity index (χ2n) is 4.17. The summed E-state index contributed by atoms with van der Waals surface area (Å²) < 4.78 is 2.12. The first kappa shape index (κ1) is 10.2. The summed E-state index contributed by atoms with van der Waals surface area (Å²) in [5.74, 6) is 0.496. The predicted molar refractivity (Wildman–Crippen MR) is 61.9 cm³/mol. The number of fused-ring (bicyclic) bond motifs is 1. The zero-order valence-electron chi connectivity index (χ0n) is 9.27. The Balaban J connectivity index is 2.35. The molecule has 3 nitrogen and oxygen atoms in total. The van der Waals surface area contributed by atoms with Crippen LogP contribution in [0.2, 0.25) is 0 Å². The molecule has 1 unspecified atom stereocenters. The number of nitrogens with two attached hydrogens (primary N) is 1. The summed E-state index contributed by atoms with van der Waals surface area (Å²) >= 11 is 0. The highest BCUT2D eigenvalue weighted by Gasteiger charge is 2.06. The van der Waals surface area contributed by atoms with Gasteiger partial charge in [0.25, 0.3) is 0 Å². The molecule has 1 atom stereocenters. The van der Waals surface area contributed by atoms with Crippen molar-refractivity contribution in [3.05, 3.63) is 35.8 Å². The highest BCUT2D eigenvalue weighted by atomic mass is 15.0. The van der Waals surface area contributed by atoms with Crippen LogP contribution in [-0.4, -0.2) is 15.9 Å². The zero-order valence-corrected chi connectivity index (χ0v) is 9.27. The number of pyridine rings is 1. The van der Waals surface area contributed by atoms with E-state index in [4.69, 9.17) is 5.73 Å². The van der Waals surface area contributed by atoms with E-state index in [1.165, 1.54) is 5.69 Å². The van der Waals surface area contributed by atoms with E-state index >= 15 is 0 Å². The van der Waals surface area contributed by atoms with Crippen molar-refractivity contribution >= 4 is 5.65 Å². The molecule has 0 saturated heterocycles. The van der Waals surface area contributed by atoms with E-state index in [2.05, 4.69) is 35.5 Å². The lowest BCUT2D eigenvalue weighted by atomic mass is 10.1. The minimum Gasteiger partial charge on any atom is -0.330 e. The molecule has 2 aromatic heterocycles. The lowest BCUT2D eigenvalue weighted by molar-refractivity contribution is 0.586. The van der Waals surface area contributed by atoms with Gasteiger partial charge in [-0.15, -0.1) is 0 Å². The third kappa shape index (κ3) is 2.02. The van der Waals surface area contributed by atoms with Crippen molar-refractivity contribution in [1.29, 1.82) is 0 Å². The molecule has 0 aliphatic heterocycles. The van der Waals surface area contributed by atoms with Crippen molar-refractivity contribution in [2.75, 3.05) is 6.54 Å². The summed E-state index contributed by atoms with van der Waals surface area (Å²) in [5.41, 5.74) is 8.97. The van der Waals surface area contributed by atoms with Crippen molar-refractivity contribution in [2.45, 2.75) is 20.3 Å². The summed E-state index contributed by atoms with van der Waals surface area (Å²) in [6, 6.07) is 6.15. The van der Waals surface area contributed by atoms with Crippen LogP contribution in [0.15, 0.2) is 24.4 Å². The second kappa shape index (κ2) is 4.03. The number of imidazole rings is 1. The van der Waals surface area contributed by atoms with Crippen LogP contribution in [0.1, 0.15) is 18.3 Å². The normalized spacial score (nSPS) is 13.3. The maximum absolute atomic E-state index is 5.61. The fourth-order valence-corrected chi connectivity index (χ4v) is 1.74. The Labute approximate surface area is 89.9 Å². The molecule has 0 aliphatic carbocycles. The Morgan fingerprint density at radius 3 is 2.93 bits per heavy atom. The molecule has 0 fully saturated rings. The Bertz CT molecular complexity index is 459. The lowest BCUT2D eigenvalue weighted by Gasteiger charge is -2.03. The van der Waals surface area contributed by atoms with Crippen molar-refractivity contribution < 1.29 is 0 Å². The molecule has 0 amide bonds. The van der Waals surface area contributed by atoms with Crippen LogP contribution in [0.3, 0.4) is 0 Å². The maximum Gasteiger partial charge on any atom is 0.137 e. The molecule has 0 spiro atoms. The molecule has 2 aromatic rings. The molecule has 2 heterocycles. The monoisotopic (exact) mass is 203 g/mol. The number of nitrogens with zero attached hydrogens (tertiary/aromatic N) is 2. The minimum atomic E-state index is 0.496. The van der Waals surface area contributed by atoms with Crippen LogP contribution in [0, 0.1) is 12.8 Å². The standard InChI is InChI=1S/C12H17N3/c1-9(7-13)6-11-8-15-10(2)4-3-5-12(15)14-11/h3-5,8-9H,6-7,13H2,1-2H3. The summed E-state index contributed by atoms with van der Waals surface area (Å²) in [4.78, 5) is 4.57. The van der Waals surface area contributed by atoms with E-state index in [1.54, 1.807) is 0 Å². The molecular weight excluding hydrogens is 186 g/mol. The molecule has 15 heavy (non-hydrogen) atoms. The SMILES string of the molecule is Cc1cccc2nc(CC(C)CN)cn12. The molecule has 0 aliphatic rings. The third-order valence-corrected chi connectivity index (χ3v) is 2.71. The van der Waals surface area contributed by atoms with Gasteiger partial charge in [0.1, 0.15) is 5.65 Å². The van der Waals surface area contributed by atoms with Gasteiger partial charge in [0, 0.05) is 11.9 Å². The first-order valence-electron chi connectivity index (χ1n) is 5.34. The largest absolute Gasteiger partial charge is 0.330 e. The van der Waals surface area contributed by atoms with Gasteiger partial charge in [0.15, 0.2) is 0 Å². The van der Waals surface area contributed by atoms with Crippen molar-refractivity contribution in [1.82, 2.24) is 9.38 Å². The van der Waals surface area contributed by atoms with E-state index in [1.807, 2.05) is 12.1 Å². The van der Waals surface area contributed by atoms with Gasteiger partial charge in [-0.05, 0) is 37.9 Å². The minimum absolute atomic E-state index is 0.496. The number of aryl methyl sites for hydroxylation is 1. The summed E-state index contributed by atoms with van der Waals surface area (Å²) in [6.07, 6.45) is 3.06. The number of hydrogen-bond acceptors (Lipinski definition) is 2. The molecular formula is C12H17N3. The van der Waals surface area contributed by atoms with Crippen LogP contribution >= 0.6 is 0 Å². The number of aromatic nitrogens is 2. The van der Waals surface area contributed by atoms with Crippen LogP contribution in [0.5, 0.6) is 0 Å². The fraction of sp³-hybridized carbons (Fsp3) is 0.417. The van der Waals surface area contributed by atoms with Crippen LogP contribution in [-0.2, 0) is 6.42 Å². The maximum atomic E-state index is 5.61. The highest BCUT2D eigenvalue weighted by molar-refractivity contribution is 5.41. The molecule has 2 N–H and O–H groups in total. The Morgan fingerprint density at radius 1 is 1.47 bits per heavy atom. The van der Waals surface area contributed by atoms with Crippen LogP contribution in [0.25, 0.3) is 5.65 Å². The van der Waals surface area contributed by atoms with Crippen molar-refractivity contribution in [3.8, 4) is 0 Å². The van der Waals surface area contributed by atoms with Crippen LogP contribution < -0.4 is 5.73 Å². The van der Waals surface area contributed by atoms with Crippen LogP contribution in [0.4, 0.5) is 0 Å². The van der Waals surface area contributed by atoms with Crippen molar-refractivity contribution in [2.24, 2.45) is 11.7 Å². The fourth-order valence-electron chi connectivity index (χ4n) is 1.74. The summed E-state index contributed by atoms with van der Waals surface area (Å²) in [6.45, 7) is 4.95. The molecule has 3 heteroatoms. The summed E-state index contributed by atoms with van der Waals surface area (Å²) in [5, 5.41) is 0. The predicted octanol–water partition coefficient (Wildman–Crippen LogP) is 1.78. The second-order valence-corrected chi connectivity index (χ2v) is 4.17. The molecule has 80 valence electrons. The zero-order chi connectivity index (χ0) is 10.8. The van der Waals surface area contributed by atoms with E-state index in [0.29, 0.717) is 12.5 Å². The van der Waals surface area contributed by atoms with Crippen molar-refractivity contribution in [3.63, 3.8) is 0 Å². The third-order valence-electron chi connectivity index (χ3n) is 2.71. The molecule has 0 bridgehead atoms. The van der Waals surface area contributed by atoms with E-state index in [9.17, 15) is 0 Å². The highest BCUT2D eigenvalue weighted by Crippen LogP contribution is 2.11. The van der Waals surface area contributed by atoms with Gasteiger partial charge in [-0.25, -0.2) is 4.98 Å².